The van der Waals surface area contributed by atoms with Gasteiger partial charge < -0.3 is 18.2 Å². The first-order valence-electron chi connectivity index (χ1n) is 1.53. The van der Waals surface area contributed by atoms with Crippen molar-refractivity contribution in [2.45, 2.75) is 0 Å². The van der Waals surface area contributed by atoms with Crippen molar-refractivity contribution in [2.24, 2.45) is 0 Å². The van der Waals surface area contributed by atoms with Gasteiger partial charge in [0.2, 0.25) is 0 Å². The maximum absolute atomic E-state index is 8.67. The summed E-state index contributed by atoms with van der Waals surface area (Å²) in [4.78, 5) is 0. The molecule has 2 N–H and O–H groups in total. The van der Waals surface area contributed by atoms with Gasteiger partial charge in [-0.05, 0) is 0 Å². The predicted molar refractivity (Wildman–Crippen MR) is 44.3 cm³/mol. The molecular weight excluding hydrogens is 289 g/mol. The van der Waals surface area contributed by atoms with E-state index in [1.165, 1.54) is 0 Å². The molecular formula is H2Mg2O9S3. The molecule has 0 unspecified atom stereocenters. The SMILES string of the molecule is O=S(O)O.O=S([O-])[O-].O=S([O-])[O-].[Mg+2].[Mg+2]. The third-order valence-electron chi connectivity index (χ3n) is 0. The quantitative estimate of drug-likeness (QED) is 0.344. The first-order chi connectivity index (χ1) is 5.20. The van der Waals surface area contributed by atoms with E-state index >= 15 is 0 Å². The van der Waals surface area contributed by atoms with E-state index in [1.54, 1.807) is 0 Å². The van der Waals surface area contributed by atoms with Gasteiger partial charge in [-0.3, -0.25) is 17.5 Å². The zero-order valence-electron chi connectivity index (χ0n) is 6.39. The largest absolute Gasteiger partial charge is 2.00 e. The molecule has 0 saturated heterocycles. The molecule has 0 spiro atoms. The van der Waals surface area contributed by atoms with E-state index < -0.39 is 34.1 Å². The molecule has 0 radical (unpaired) electrons. The summed E-state index contributed by atoms with van der Waals surface area (Å²) in [5, 5.41) is 0. The number of rotatable bonds is 0. The van der Waals surface area contributed by atoms with E-state index in [0.29, 0.717) is 0 Å². The molecule has 0 aromatic rings. The van der Waals surface area contributed by atoms with Crippen LogP contribution in [0.3, 0.4) is 0 Å². The molecule has 0 aromatic heterocycles. The minimum absolute atomic E-state index is 0. The fourth-order valence-electron chi connectivity index (χ4n) is 0. The van der Waals surface area contributed by atoms with Gasteiger partial charge in [0, 0.05) is 0 Å². The Morgan fingerprint density at radius 2 is 0.714 bits per heavy atom. The molecule has 0 amide bonds. The normalized spacial score (nSPS) is 7.50. The third-order valence-corrected chi connectivity index (χ3v) is 0. The Bertz CT molecular complexity index is 116. The molecule has 0 aliphatic carbocycles. The second-order valence-corrected chi connectivity index (χ2v) is 1.92. The maximum Gasteiger partial charge on any atom is 2.00 e. The smallest absolute Gasteiger partial charge is 0.784 e. The van der Waals surface area contributed by atoms with Gasteiger partial charge in [0.1, 0.15) is 0 Å². The Balaban J connectivity index is -0.0000000270. The first kappa shape index (κ1) is 29.6. The zero-order chi connectivity index (χ0) is 10.7. The van der Waals surface area contributed by atoms with Gasteiger partial charge in [-0.15, -0.1) is 22.7 Å². The monoisotopic (exact) mass is 290 g/mol. The Morgan fingerprint density at radius 1 is 0.714 bits per heavy atom. The molecule has 0 rings (SSSR count). The topological polar surface area (TPSA) is 184 Å². The summed E-state index contributed by atoms with van der Waals surface area (Å²) in [5.41, 5.74) is 0. The van der Waals surface area contributed by atoms with Crippen LogP contribution in [0.5, 0.6) is 0 Å². The van der Waals surface area contributed by atoms with Crippen LogP contribution in [0.4, 0.5) is 0 Å². The van der Waals surface area contributed by atoms with Crippen LogP contribution in [0.2, 0.25) is 0 Å². The van der Waals surface area contributed by atoms with Crippen LogP contribution in [0.25, 0.3) is 0 Å². The average molecular weight is 291 g/mol. The number of hydrogen-bond acceptors (Lipinski definition) is 7. The molecule has 0 heterocycles. The van der Waals surface area contributed by atoms with Crippen LogP contribution in [0.1, 0.15) is 0 Å². The van der Waals surface area contributed by atoms with Crippen LogP contribution in [0.15, 0.2) is 0 Å². The zero-order valence-corrected chi connectivity index (χ0v) is 11.7. The molecule has 0 fully saturated rings. The van der Waals surface area contributed by atoms with E-state index in [4.69, 9.17) is 39.9 Å². The summed E-state index contributed by atoms with van der Waals surface area (Å²) < 4.78 is 73.5. The first-order valence-corrected chi connectivity index (χ1v) is 4.60. The summed E-state index contributed by atoms with van der Waals surface area (Å²) in [5.74, 6) is 0. The standard InChI is InChI=1S/2Mg.3H2O3S/c;;3*1-4(2)3/h;;3*(H2,1,2,3)/q2*+2;;;/p-4. The van der Waals surface area contributed by atoms with Crippen LogP contribution >= 0.6 is 0 Å². The Labute approximate surface area is 119 Å². The summed E-state index contributed by atoms with van der Waals surface area (Å²) in [6.45, 7) is 0. The third kappa shape index (κ3) is 735. The molecule has 0 bridgehead atoms. The van der Waals surface area contributed by atoms with Gasteiger partial charge in [-0.25, -0.2) is 0 Å². The van der Waals surface area contributed by atoms with Crippen LogP contribution in [-0.4, -0.2) is 86.0 Å². The van der Waals surface area contributed by atoms with Crippen LogP contribution < -0.4 is 0 Å². The summed E-state index contributed by atoms with van der Waals surface area (Å²) in [6, 6.07) is 0. The van der Waals surface area contributed by atoms with E-state index in [1.807, 2.05) is 0 Å². The molecule has 0 aliphatic rings. The molecule has 78 valence electrons. The van der Waals surface area contributed by atoms with Crippen molar-refractivity contribution < 1.29 is 39.9 Å². The van der Waals surface area contributed by atoms with E-state index in [2.05, 4.69) is 0 Å². The number of hydrogen-bond donors (Lipinski definition) is 2. The molecule has 0 saturated carbocycles. The van der Waals surface area contributed by atoms with Crippen molar-refractivity contribution in [3.8, 4) is 0 Å². The van der Waals surface area contributed by atoms with Gasteiger partial charge in [-0.1, -0.05) is 0 Å². The van der Waals surface area contributed by atoms with E-state index in [0.717, 1.165) is 0 Å². The Kier molecular flexibility index (Phi) is 51.1. The second-order valence-electron chi connectivity index (χ2n) is 0.639. The van der Waals surface area contributed by atoms with Crippen molar-refractivity contribution in [3.63, 3.8) is 0 Å². The molecule has 0 aliphatic heterocycles. The fraction of sp³-hybridized carbons (Fsp3) is 0. The predicted octanol–water partition coefficient (Wildman–Crippen LogP) is -3.09. The van der Waals surface area contributed by atoms with Gasteiger partial charge in [0.05, 0.1) is 0 Å². The average Bonchev–Trinajstić information content (AvgIpc) is 1.54. The molecule has 9 nitrogen and oxygen atoms in total. The van der Waals surface area contributed by atoms with Gasteiger partial charge in [0.25, 0.3) is 11.4 Å². The molecule has 14 heavy (non-hydrogen) atoms. The minimum Gasteiger partial charge on any atom is -0.784 e. The van der Waals surface area contributed by atoms with E-state index in [9.17, 15) is 0 Å². The summed E-state index contributed by atoms with van der Waals surface area (Å²) >= 11 is -8.83. The molecule has 0 aromatic carbocycles. The van der Waals surface area contributed by atoms with Crippen molar-refractivity contribution >= 4 is 80.2 Å². The van der Waals surface area contributed by atoms with Crippen molar-refractivity contribution in [1.82, 2.24) is 0 Å². The Morgan fingerprint density at radius 3 is 0.714 bits per heavy atom. The summed E-state index contributed by atoms with van der Waals surface area (Å²) in [7, 11) is 0. The minimum atomic E-state index is -3.11. The van der Waals surface area contributed by atoms with Gasteiger partial charge in [-0.2, -0.15) is 4.21 Å². The van der Waals surface area contributed by atoms with Crippen LogP contribution in [-0.2, 0) is 34.1 Å². The maximum atomic E-state index is 8.67. The Hall–Kier alpha value is 1.74. The van der Waals surface area contributed by atoms with Gasteiger partial charge in [0.15, 0.2) is 0 Å². The molecule has 14 heteroatoms. The van der Waals surface area contributed by atoms with Gasteiger partial charge >= 0.3 is 46.1 Å². The summed E-state index contributed by atoms with van der Waals surface area (Å²) in [6.07, 6.45) is 0. The van der Waals surface area contributed by atoms with Crippen molar-refractivity contribution in [1.29, 1.82) is 0 Å². The van der Waals surface area contributed by atoms with Crippen LogP contribution in [0, 0.1) is 0 Å². The van der Waals surface area contributed by atoms with E-state index in [-0.39, 0.29) is 46.1 Å². The van der Waals surface area contributed by atoms with Crippen molar-refractivity contribution in [3.05, 3.63) is 0 Å². The molecule has 0 atom stereocenters. The second kappa shape index (κ2) is 24.1. The van der Waals surface area contributed by atoms with Crippen molar-refractivity contribution in [2.75, 3.05) is 0 Å². The fourth-order valence-corrected chi connectivity index (χ4v) is 0.